The number of fused-ring (bicyclic) bond motifs is 1. The molecule has 0 radical (unpaired) electrons. The van der Waals surface area contributed by atoms with E-state index >= 15 is 0 Å². The Morgan fingerprint density at radius 1 is 0.673 bits per heavy atom. The summed E-state index contributed by atoms with van der Waals surface area (Å²) < 4.78 is 7.69. The molecule has 1 aromatic heterocycles. The minimum absolute atomic E-state index is 0.153. The lowest BCUT2D eigenvalue weighted by molar-refractivity contribution is 0.0365. The number of morpholine rings is 1. The quantitative estimate of drug-likeness (QED) is 0.142. The predicted molar refractivity (Wildman–Crippen MR) is 195 cm³/mol. The normalized spacial score (nSPS) is 15.7. The van der Waals surface area contributed by atoms with Gasteiger partial charge in [0.15, 0.2) is 0 Å². The Hall–Kier alpha value is -5.16. The Bertz CT molecular complexity index is 1870. The van der Waals surface area contributed by atoms with Crippen LogP contribution >= 0.6 is 0 Å². The molecule has 0 unspecified atom stereocenters. The van der Waals surface area contributed by atoms with E-state index in [-0.39, 0.29) is 17.9 Å². The van der Waals surface area contributed by atoms with Crippen LogP contribution in [0, 0.1) is 0 Å². The number of hydrogen-bond acceptors (Lipinski definition) is 7. The number of amides is 2. The fraction of sp³-hybridized carbons (Fsp3) is 0.282. The number of aliphatic hydroxyl groups is 1. The van der Waals surface area contributed by atoms with Gasteiger partial charge in [-0.25, -0.2) is 0 Å². The number of aromatic nitrogens is 1. The second-order valence-electron chi connectivity index (χ2n) is 12.7. The van der Waals surface area contributed by atoms with Crippen LogP contribution in [0.25, 0.3) is 10.9 Å². The Morgan fingerprint density at radius 3 is 1.88 bits per heavy atom. The number of nitrogens with one attached hydrogen (secondary N) is 3. The van der Waals surface area contributed by atoms with Crippen molar-refractivity contribution < 1.29 is 19.4 Å². The Balaban J connectivity index is 0.891. The second kappa shape index (κ2) is 14.9. The number of ether oxygens (including phenoxy) is 1. The van der Waals surface area contributed by atoms with Crippen molar-refractivity contribution in [2.75, 3.05) is 66.8 Å². The Morgan fingerprint density at radius 2 is 1.24 bits per heavy atom. The van der Waals surface area contributed by atoms with Gasteiger partial charge in [-0.15, -0.1) is 0 Å². The van der Waals surface area contributed by atoms with Crippen molar-refractivity contribution in [2.24, 2.45) is 0 Å². The highest BCUT2D eigenvalue weighted by Gasteiger charge is 2.18. The lowest BCUT2D eigenvalue weighted by Crippen LogP contribution is -2.38. The zero-order valence-electron chi connectivity index (χ0n) is 27.5. The lowest BCUT2D eigenvalue weighted by atomic mass is 10.1. The number of benzene rings is 4. The van der Waals surface area contributed by atoms with Crippen molar-refractivity contribution in [3.8, 4) is 0 Å². The van der Waals surface area contributed by atoms with Crippen molar-refractivity contribution in [2.45, 2.75) is 25.5 Å². The highest BCUT2D eigenvalue weighted by atomic mass is 16.5. The first-order valence-corrected chi connectivity index (χ1v) is 17.0. The molecule has 49 heavy (non-hydrogen) atoms. The number of nitrogens with zero attached hydrogens (tertiary/aromatic N) is 3. The van der Waals surface area contributed by atoms with Crippen molar-refractivity contribution in [1.29, 1.82) is 0 Å². The number of carbonyl (C=O) groups excluding carboxylic acids is 2. The molecule has 3 heterocycles. The van der Waals surface area contributed by atoms with Crippen LogP contribution in [0.3, 0.4) is 0 Å². The third kappa shape index (κ3) is 8.11. The van der Waals surface area contributed by atoms with Gasteiger partial charge < -0.3 is 35.3 Å². The first-order chi connectivity index (χ1) is 24.0. The van der Waals surface area contributed by atoms with E-state index in [0.717, 1.165) is 93.3 Å². The van der Waals surface area contributed by atoms with E-state index in [1.54, 1.807) is 0 Å². The van der Waals surface area contributed by atoms with Crippen LogP contribution in [0.2, 0.25) is 0 Å². The van der Waals surface area contributed by atoms with E-state index in [0.29, 0.717) is 22.5 Å². The summed E-state index contributed by atoms with van der Waals surface area (Å²) in [6.45, 7) is 7.05. The molecule has 2 aliphatic rings. The van der Waals surface area contributed by atoms with Gasteiger partial charge in [-0.2, -0.15) is 0 Å². The molecule has 10 heteroatoms. The molecule has 2 aliphatic heterocycles. The third-order valence-electron chi connectivity index (χ3n) is 9.33. The van der Waals surface area contributed by atoms with E-state index in [1.807, 2.05) is 91.0 Å². The van der Waals surface area contributed by atoms with Crippen LogP contribution < -0.4 is 20.9 Å². The van der Waals surface area contributed by atoms with Gasteiger partial charge in [-0.1, -0.05) is 0 Å². The Labute approximate surface area is 286 Å². The minimum Gasteiger partial charge on any atom is -0.393 e. The van der Waals surface area contributed by atoms with E-state index in [9.17, 15) is 14.7 Å². The van der Waals surface area contributed by atoms with Gasteiger partial charge in [0.25, 0.3) is 11.8 Å². The molecule has 4 N–H and O–H groups in total. The second-order valence-corrected chi connectivity index (χ2v) is 12.7. The van der Waals surface area contributed by atoms with E-state index in [4.69, 9.17) is 4.74 Å². The molecule has 5 aromatic rings. The fourth-order valence-electron chi connectivity index (χ4n) is 6.40. The molecular weight excluding hydrogens is 616 g/mol. The third-order valence-corrected chi connectivity index (χ3v) is 9.33. The van der Waals surface area contributed by atoms with Gasteiger partial charge in [0, 0.05) is 95.9 Å². The number of anilines is 5. The van der Waals surface area contributed by atoms with Crippen LogP contribution in [-0.2, 0) is 11.3 Å². The lowest BCUT2D eigenvalue weighted by Gasteiger charge is -2.31. The maximum absolute atomic E-state index is 13.1. The van der Waals surface area contributed by atoms with Crippen molar-refractivity contribution in [3.05, 3.63) is 114 Å². The zero-order chi connectivity index (χ0) is 33.6. The molecule has 10 nitrogen and oxygen atoms in total. The molecule has 0 bridgehead atoms. The zero-order valence-corrected chi connectivity index (χ0v) is 27.5. The first-order valence-electron chi connectivity index (χ1n) is 17.0. The molecule has 2 saturated heterocycles. The molecular formula is C39H42N6O4. The molecule has 4 aromatic carbocycles. The highest BCUT2D eigenvalue weighted by Crippen LogP contribution is 2.24. The molecule has 2 fully saturated rings. The van der Waals surface area contributed by atoms with E-state index in [1.165, 1.54) is 0 Å². The number of carbonyl (C=O) groups is 2. The van der Waals surface area contributed by atoms with Gasteiger partial charge in [-0.05, 0) is 110 Å². The van der Waals surface area contributed by atoms with Gasteiger partial charge >= 0.3 is 0 Å². The predicted octanol–water partition coefficient (Wildman–Crippen LogP) is 6.18. The maximum atomic E-state index is 13.1. The highest BCUT2D eigenvalue weighted by molar-refractivity contribution is 6.06. The minimum atomic E-state index is -0.216. The smallest absolute Gasteiger partial charge is 0.255 e. The van der Waals surface area contributed by atoms with Gasteiger partial charge in [0.2, 0.25) is 0 Å². The first kappa shape index (κ1) is 32.4. The largest absolute Gasteiger partial charge is 0.393 e. The average Bonchev–Trinajstić information content (AvgIpc) is 3.55. The van der Waals surface area contributed by atoms with Crippen molar-refractivity contribution in [3.63, 3.8) is 0 Å². The van der Waals surface area contributed by atoms with E-state index < -0.39 is 0 Å². The van der Waals surface area contributed by atoms with Crippen LogP contribution in [0.4, 0.5) is 28.4 Å². The average molecular weight is 659 g/mol. The standard InChI is InChI=1S/C39H42N6O4/c46-36-16-19-44(20-17-36)35-12-1-28(2-13-35)38(47)41-33-8-4-31(5-9-33)40-32-6-10-34(11-7-32)42-39(48)30-3-14-37-29(27-30)15-18-45(37)22-21-43-23-25-49-26-24-43/h1-15,18,27,36,40,46H,16-17,19-26H2,(H,41,47)(H,42,48). The number of piperidine rings is 1. The number of rotatable bonds is 10. The molecule has 0 aliphatic carbocycles. The molecule has 0 saturated carbocycles. The van der Waals surface area contributed by atoms with Gasteiger partial charge in [0.1, 0.15) is 0 Å². The maximum Gasteiger partial charge on any atom is 0.255 e. The van der Waals surface area contributed by atoms with Crippen molar-refractivity contribution in [1.82, 2.24) is 9.47 Å². The van der Waals surface area contributed by atoms with Crippen LogP contribution in [0.1, 0.15) is 33.6 Å². The molecule has 0 spiro atoms. The van der Waals surface area contributed by atoms with E-state index in [2.05, 4.69) is 42.6 Å². The summed E-state index contributed by atoms with van der Waals surface area (Å²) in [5, 5.41) is 20.1. The van der Waals surface area contributed by atoms with Crippen LogP contribution in [0.15, 0.2) is 103 Å². The summed E-state index contributed by atoms with van der Waals surface area (Å²) in [5.41, 5.74) is 6.54. The summed E-state index contributed by atoms with van der Waals surface area (Å²) in [5.74, 6) is -0.322. The number of aliphatic hydroxyl groups excluding tert-OH is 1. The van der Waals surface area contributed by atoms with Crippen LogP contribution in [-0.4, -0.2) is 78.4 Å². The summed E-state index contributed by atoms with van der Waals surface area (Å²) in [4.78, 5) is 30.6. The van der Waals surface area contributed by atoms with Crippen LogP contribution in [0.5, 0.6) is 0 Å². The topological polar surface area (TPSA) is 111 Å². The number of hydrogen-bond donors (Lipinski definition) is 4. The summed E-state index contributed by atoms with van der Waals surface area (Å²) >= 11 is 0. The summed E-state index contributed by atoms with van der Waals surface area (Å²) in [7, 11) is 0. The summed E-state index contributed by atoms with van der Waals surface area (Å²) in [6, 6.07) is 30.6. The molecule has 7 rings (SSSR count). The molecule has 252 valence electrons. The van der Waals surface area contributed by atoms with Gasteiger partial charge in [0.05, 0.1) is 19.3 Å². The fourth-order valence-corrected chi connectivity index (χ4v) is 6.40. The van der Waals surface area contributed by atoms with Gasteiger partial charge in [-0.3, -0.25) is 14.5 Å². The molecule has 2 amide bonds. The summed E-state index contributed by atoms with van der Waals surface area (Å²) in [6.07, 6.45) is 3.40. The molecule has 0 atom stereocenters. The SMILES string of the molecule is O=C(Nc1ccc(Nc2ccc(NC(=O)c3ccc4c(ccn4CCN4CCOCC4)c3)cc2)cc1)c1ccc(N2CCC(O)CC2)cc1. The Kier molecular flexibility index (Phi) is 9.88. The van der Waals surface area contributed by atoms with Crippen molar-refractivity contribution >= 4 is 51.2 Å². The monoisotopic (exact) mass is 658 g/mol.